The Kier molecular flexibility index (Phi) is 1.97. The van der Waals surface area contributed by atoms with Crippen LogP contribution in [0.25, 0.3) is 0 Å². The minimum absolute atomic E-state index is 1.96. The predicted molar refractivity (Wildman–Crippen MR) is 25.5 cm³/mol. The average Bonchev–Trinajstić information content (AvgIpc) is 1.25. The van der Waals surface area contributed by atoms with Gasteiger partial charge in [-0.2, -0.15) is 0 Å². The summed E-state index contributed by atoms with van der Waals surface area (Å²) in [5, 5.41) is 39.9. The van der Waals surface area contributed by atoms with E-state index >= 15 is 0 Å². The average molecular weight is 189 g/mol. The normalized spacial score (nSPS) is 14.2. The zero-order valence-corrected chi connectivity index (χ0v) is 5.20. The highest BCUT2D eigenvalue weighted by Crippen LogP contribution is 2.19. The lowest BCUT2D eigenvalue weighted by atomic mass is 10.5. The number of hydrogen-bond donors (Lipinski definition) is 5. The monoisotopic (exact) mass is 188 g/mol. The summed E-state index contributed by atoms with van der Waals surface area (Å²) < 4.78 is -3.08. The molecule has 0 aromatic rings. The van der Waals surface area contributed by atoms with Gasteiger partial charge in [-0.25, -0.2) is 0 Å². The molecule has 0 saturated heterocycles. The van der Waals surface area contributed by atoms with Gasteiger partial charge in [0.1, 0.15) is 0 Å². The zero-order valence-electron chi connectivity index (χ0n) is 3.61. The molecular formula is C2H5BrO5. The maximum absolute atomic E-state index is 8.08. The smallest absolute Gasteiger partial charge is 0.344 e. The molecule has 0 bridgehead atoms. The first-order chi connectivity index (χ1) is 3.25. The quantitative estimate of drug-likeness (QED) is 0.235. The van der Waals surface area contributed by atoms with Crippen LogP contribution in [-0.2, 0) is 0 Å². The Morgan fingerprint density at radius 3 is 1.00 bits per heavy atom. The van der Waals surface area contributed by atoms with Crippen molar-refractivity contribution >= 4 is 15.9 Å². The molecule has 50 valence electrons. The van der Waals surface area contributed by atoms with Gasteiger partial charge in [0.25, 0.3) is 0 Å². The Morgan fingerprint density at radius 2 is 1.00 bits per heavy atom. The van der Waals surface area contributed by atoms with Gasteiger partial charge in [-0.05, 0) is 15.9 Å². The van der Waals surface area contributed by atoms with E-state index in [0.717, 1.165) is 0 Å². The van der Waals surface area contributed by atoms with Crippen LogP contribution in [-0.4, -0.2) is 36.2 Å². The number of halogens is 1. The maximum Gasteiger partial charge on any atom is 0.344 e. The van der Waals surface area contributed by atoms with Crippen LogP contribution in [0.1, 0.15) is 0 Å². The SMILES string of the molecule is OC(O)(O)C(O)(O)Br. The Morgan fingerprint density at radius 1 is 0.875 bits per heavy atom. The van der Waals surface area contributed by atoms with Crippen LogP contribution >= 0.6 is 15.9 Å². The van der Waals surface area contributed by atoms with Crippen molar-refractivity contribution in [1.82, 2.24) is 0 Å². The molecule has 8 heavy (non-hydrogen) atoms. The fourth-order valence-corrected chi connectivity index (χ4v) is 0. The molecule has 0 radical (unpaired) electrons. The third kappa shape index (κ3) is 2.03. The van der Waals surface area contributed by atoms with E-state index < -0.39 is 10.7 Å². The summed E-state index contributed by atoms with van der Waals surface area (Å²) in [6, 6.07) is 0. The van der Waals surface area contributed by atoms with E-state index in [9.17, 15) is 0 Å². The first kappa shape index (κ1) is 8.28. The lowest BCUT2D eigenvalue weighted by molar-refractivity contribution is -0.408. The van der Waals surface area contributed by atoms with Gasteiger partial charge in [-0.3, -0.25) is 0 Å². The summed E-state index contributed by atoms with van der Waals surface area (Å²) in [7, 11) is 0. The largest absolute Gasteiger partial charge is 0.351 e. The fourth-order valence-electron chi connectivity index (χ4n) is 0. The second-order valence-electron chi connectivity index (χ2n) is 1.22. The lowest BCUT2D eigenvalue weighted by Crippen LogP contribution is -2.49. The molecular weight excluding hydrogens is 184 g/mol. The molecule has 0 unspecified atom stereocenters. The summed E-state index contributed by atoms with van der Waals surface area (Å²) >= 11 is 1.96. The molecule has 0 spiro atoms. The van der Waals surface area contributed by atoms with Gasteiger partial charge in [-0.1, -0.05) is 0 Å². The highest BCUT2D eigenvalue weighted by atomic mass is 79.9. The fraction of sp³-hybridized carbons (Fsp3) is 1.00. The number of aliphatic hydroxyl groups is 5. The molecule has 0 heterocycles. The minimum Gasteiger partial charge on any atom is -0.351 e. The number of alkyl halides is 1. The molecule has 0 aliphatic rings. The van der Waals surface area contributed by atoms with E-state index in [1.807, 2.05) is 15.9 Å². The van der Waals surface area contributed by atoms with Crippen LogP contribution in [0.2, 0.25) is 0 Å². The van der Waals surface area contributed by atoms with Crippen LogP contribution in [0.3, 0.4) is 0 Å². The third-order valence-electron chi connectivity index (χ3n) is 0.427. The topological polar surface area (TPSA) is 101 Å². The van der Waals surface area contributed by atoms with Gasteiger partial charge in [-0.15, -0.1) is 0 Å². The van der Waals surface area contributed by atoms with Crippen molar-refractivity contribution in [2.24, 2.45) is 0 Å². The first-order valence-corrected chi connectivity index (χ1v) is 2.35. The third-order valence-corrected chi connectivity index (χ3v) is 0.959. The van der Waals surface area contributed by atoms with Crippen molar-refractivity contribution in [2.45, 2.75) is 10.7 Å². The van der Waals surface area contributed by atoms with Crippen molar-refractivity contribution in [3.63, 3.8) is 0 Å². The summed E-state index contributed by atoms with van der Waals surface area (Å²) in [6.45, 7) is 0. The van der Waals surface area contributed by atoms with Crippen LogP contribution in [0, 0.1) is 0 Å². The summed E-state index contributed by atoms with van der Waals surface area (Å²) in [5.41, 5.74) is 0. The maximum atomic E-state index is 8.08. The number of hydrogen-bond acceptors (Lipinski definition) is 5. The molecule has 0 aliphatic carbocycles. The van der Waals surface area contributed by atoms with E-state index in [2.05, 4.69) is 0 Å². The molecule has 0 amide bonds. The van der Waals surface area contributed by atoms with Crippen LogP contribution in [0.4, 0.5) is 0 Å². The summed E-state index contributed by atoms with van der Waals surface area (Å²) in [6.07, 6.45) is 0. The molecule has 5 nitrogen and oxygen atoms in total. The van der Waals surface area contributed by atoms with Crippen LogP contribution in [0.5, 0.6) is 0 Å². The Hall–Kier alpha value is 0.280. The lowest BCUT2D eigenvalue weighted by Gasteiger charge is -2.23. The highest BCUT2D eigenvalue weighted by molar-refractivity contribution is 9.10. The molecule has 5 N–H and O–H groups in total. The van der Waals surface area contributed by atoms with E-state index in [4.69, 9.17) is 25.5 Å². The van der Waals surface area contributed by atoms with Gasteiger partial charge < -0.3 is 25.5 Å². The summed E-state index contributed by atoms with van der Waals surface area (Å²) in [4.78, 5) is 0. The van der Waals surface area contributed by atoms with E-state index in [1.165, 1.54) is 0 Å². The van der Waals surface area contributed by atoms with Crippen molar-refractivity contribution in [2.75, 3.05) is 0 Å². The Bertz CT molecular complexity index is 65.4. The molecule has 0 atom stereocenters. The van der Waals surface area contributed by atoms with Crippen molar-refractivity contribution in [3.05, 3.63) is 0 Å². The van der Waals surface area contributed by atoms with Crippen LogP contribution in [0.15, 0.2) is 0 Å². The van der Waals surface area contributed by atoms with Gasteiger partial charge in [0, 0.05) is 0 Å². The number of rotatable bonds is 1. The van der Waals surface area contributed by atoms with Crippen molar-refractivity contribution < 1.29 is 25.5 Å². The predicted octanol–water partition coefficient (Wildman–Crippen LogP) is -2.35. The van der Waals surface area contributed by atoms with E-state index in [1.54, 1.807) is 0 Å². The van der Waals surface area contributed by atoms with Gasteiger partial charge >= 0.3 is 10.7 Å². The Labute approximate surface area is 52.9 Å². The molecule has 6 heteroatoms. The molecule has 0 fully saturated rings. The van der Waals surface area contributed by atoms with Gasteiger partial charge in [0.15, 0.2) is 0 Å². The molecule has 0 rings (SSSR count). The highest BCUT2D eigenvalue weighted by Gasteiger charge is 2.43. The summed E-state index contributed by atoms with van der Waals surface area (Å²) in [5.74, 6) is -3.53. The van der Waals surface area contributed by atoms with Crippen molar-refractivity contribution in [1.29, 1.82) is 0 Å². The second kappa shape index (κ2) is 1.90. The minimum atomic E-state index is -3.53. The molecule has 0 aromatic heterocycles. The second-order valence-corrected chi connectivity index (χ2v) is 2.33. The molecule has 0 saturated carbocycles. The van der Waals surface area contributed by atoms with Gasteiger partial charge in [0.2, 0.25) is 0 Å². The zero-order chi connectivity index (χ0) is 7.00. The van der Waals surface area contributed by atoms with Gasteiger partial charge in [0.05, 0.1) is 0 Å². The first-order valence-electron chi connectivity index (χ1n) is 1.56. The van der Waals surface area contributed by atoms with E-state index in [-0.39, 0.29) is 0 Å². The van der Waals surface area contributed by atoms with E-state index in [0.29, 0.717) is 0 Å². The molecule has 0 aromatic carbocycles. The Balaban J connectivity index is 4.02. The standard InChI is InChI=1S/C2H5BrO5/c3-1(4,5)2(6,7)8/h4-8H. The van der Waals surface area contributed by atoms with Crippen LogP contribution < -0.4 is 0 Å². The van der Waals surface area contributed by atoms with Crippen molar-refractivity contribution in [3.8, 4) is 0 Å². The molecule has 0 aliphatic heterocycles.